The summed E-state index contributed by atoms with van der Waals surface area (Å²) in [5, 5.41) is 0. The second-order valence-electron chi connectivity index (χ2n) is 1.09. The molecule has 0 aromatic rings. The predicted octanol–water partition coefficient (Wildman–Crippen LogP) is 0.0935. The van der Waals surface area contributed by atoms with Crippen LogP contribution in [0.5, 0.6) is 0 Å². The first-order valence-corrected chi connectivity index (χ1v) is 1.82. The molecule has 3 nitrogen and oxygen atoms in total. The van der Waals surface area contributed by atoms with E-state index in [1.165, 1.54) is 13.8 Å². The fourth-order valence-electron chi connectivity index (χ4n) is 0.202. The second-order valence-corrected chi connectivity index (χ2v) is 1.09. The molecule has 0 atom stereocenters. The minimum atomic E-state index is -0.562. The van der Waals surface area contributed by atoms with Crippen molar-refractivity contribution in [3.63, 3.8) is 0 Å². The van der Waals surface area contributed by atoms with E-state index >= 15 is 0 Å². The van der Waals surface area contributed by atoms with Crippen molar-refractivity contribution in [3.05, 3.63) is 0 Å². The van der Waals surface area contributed by atoms with Crippen LogP contribution < -0.4 is 0 Å². The van der Waals surface area contributed by atoms with Gasteiger partial charge in [-0.15, -0.1) is 0 Å². The minimum Gasteiger partial charge on any atom is -0.394 e. The molecule has 0 aliphatic heterocycles. The Morgan fingerprint density at radius 1 is 1.12 bits per heavy atom. The molecular formula is C4H6O3Rh+2. The number of carbonyl (C=O) groups excluding carboxylic acids is 2. The van der Waals surface area contributed by atoms with E-state index in [4.69, 9.17) is 0 Å². The zero-order valence-electron chi connectivity index (χ0n) is 4.56. The van der Waals surface area contributed by atoms with Crippen LogP contribution in [-0.2, 0) is 33.8 Å². The number of ether oxygens (including phenoxy) is 1. The van der Waals surface area contributed by atoms with Crippen molar-refractivity contribution in [1.82, 2.24) is 0 Å². The standard InChI is InChI=1S/C4H6O3.Rh/c1-3(5)7-4(2)6;/h1-2H3;/q;+2. The van der Waals surface area contributed by atoms with E-state index in [2.05, 4.69) is 4.74 Å². The zero-order valence-corrected chi connectivity index (χ0v) is 6.20. The van der Waals surface area contributed by atoms with Crippen LogP contribution in [0.3, 0.4) is 0 Å². The van der Waals surface area contributed by atoms with Crippen molar-refractivity contribution in [1.29, 1.82) is 0 Å². The molecule has 0 saturated carbocycles. The van der Waals surface area contributed by atoms with Crippen LogP contribution in [0.15, 0.2) is 0 Å². The van der Waals surface area contributed by atoms with Gasteiger partial charge in [0, 0.05) is 13.8 Å². The number of hydrogen-bond donors (Lipinski definition) is 0. The first kappa shape index (κ1) is 10.7. The molecule has 47 valence electrons. The summed E-state index contributed by atoms with van der Waals surface area (Å²) in [6.45, 7) is 2.36. The summed E-state index contributed by atoms with van der Waals surface area (Å²) in [5.41, 5.74) is 0. The summed E-state index contributed by atoms with van der Waals surface area (Å²) in [7, 11) is 0. The summed E-state index contributed by atoms with van der Waals surface area (Å²) < 4.78 is 3.97. The maximum atomic E-state index is 9.81. The van der Waals surface area contributed by atoms with Gasteiger partial charge in [-0.05, 0) is 0 Å². The van der Waals surface area contributed by atoms with Crippen molar-refractivity contribution in [2.75, 3.05) is 0 Å². The van der Waals surface area contributed by atoms with Gasteiger partial charge in [-0.3, -0.25) is 9.59 Å². The monoisotopic (exact) mass is 205 g/mol. The van der Waals surface area contributed by atoms with Crippen LogP contribution in [0.2, 0.25) is 0 Å². The van der Waals surface area contributed by atoms with Crippen molar-refractivity contribution >= 4 is 11.9 Å². The van der Waals surface area contributed by atoms with Crippen molar-refractivity contribution < 1.29 is 33.8 Å². The first-order chi connectivity index (χ1) is 3.13. The van der Waals surface area contributed by atoms with Gasteiger partial charge in [0.05, 0.1) is 0 Å². The van der Waals surface area contributed by atoms with E-state index in [0.717, 1.165) is 0 Å². The minimum absolute atomic E-state index is 0. The molecule has 0 aliphatic carbocycles. The van der Waals surface area contributed by atoms with Crippen LogP contribution in [0, 0.1) is 0 Å². The molecule has 0 unspecified atom stereocenters. The number of esters is 2. The molecule has 0 amide bonds. The maximum absolute atomic E-state index is 9.81. The van der Waals surface area contributed by atoms with Crippen LogP contribution in [0.4, 0.5) is 0 Å². The Morgan fingerprint density at radius 2 is 1.38 bits per heavy atom. The molecule has 0 N–H and O–H groups in total. The Bertz CT molecular complexity index is 87.5. The Morgan fingerprint density at radius 3 is 1.38 bits per heavy atom. The molecule has 0 aromatic heterocycles. The van der Waals surface area contributed by atoms with E-state index in [1.807, 2.05) is 0 Å². The average molecular weight is 205 g/mol. The molecule has 0 saturated heterocycles. The van der Waals surface area contributed by atoms with E-state index in [-0.39, 0.29) is 19.5 Å². The summed E-state index contributed by atoms with van der Waals surface area (Å²) in [6.07, 6.45) is 0. The molecule has 1 radical (unpaired) electrons. The van der Waals surface area contributed by atoms with Gasteiger partial charge in [-0.25, -0.2) is 0 Å². The van der Waals surface area contributed by atoms with Crippen LogP contribution >= 0.6 is 0 Å². The zero-order chi connectivity index (χ0) is 5.86. The molecule has 0 fully saturated rings. The Balaban J connectivity index is 0. The third kappa shape index (κ3) is 9.23. The van der Waals surface area contributed by atoms with Crippen molar-refractivity contribution in [3.8, 4) is 0 Å². The third-order valence-electron chi connectivity index (χ3n) is 0.287. The van der Waals surface area contributed by atoms with Crippen LogP contribution in [0.1, 0.15) is 13.8 Å². The Labute approximate surface area is 60.2 Å². The van der Waals surface area contributed by atoms with E-state index in [1.54, 1.807) is 0 Å². The van der Waals surface area contributed by atoms with E-state index in [9.17, 15) is 9.59 Å². The molecule has 0 heterocycles. The van der Waals surface area contributed by atoms with Crippen LogP contribution in [-0.4, -0.2) is 11.9 Å². The number of hydrogen-bond acceptors (Lipinski definition) is 3. The first-order valence-electron chi connectivity index (χ1n) is 1.82. The summed E-state index contributed by atoms with van der Waals surface area (Å²) in [6, 6.07) is 0. The molecule has 8 heavy (non-hydrogen) atoms. The van der Waals surface area contributed by atoms with Gasteiger partial charge in [-0.2, -0.15) is 0 Å². The fourth-order valence-corrected chi connectivity index (χ4v) is 0.202. The topological polar surface area (TPSA) is 43.4 Å². The van der Waals surface area contributed by atoms with E-state index < -0.39 is 11.9 Å². The SMILES string of the molecule is CC(=O)OC(C)=O.[Rh+2]. The van der Waals surface area contributed by atoms with Gasteiger partial charge >= 0.3 is 31.4 Å². The molecule has 4 heteroatoms. The Hall–Kier alpha value is -0.237. The second kappa shape index (κ2) is 4.91. The predicted molar refractivity (Wildman–Crippen MR) is 22.4 cm³/mol. The van der Waals surface area contributed by atoms with Gasteiger partial charge in [0.25, 0.3) is 0 Å². The molecular weight excluding hydrogens is 199 g/mol. The van der Waals surface area contributed by atoms with Gasteiger partial charge in [0.15, 0.2) is 0 Å². The smallest absolute Gasteiger partial charge is 0.394 e. The van der Waals surface area contributed by atoms with Gasteiger partial charge in [0.2, 0.25) is 0 Å². The van der Waals surface area contributed by atoms with Gasteiger partial charge in [-0.1, -0.05) is 0 Å². The third-order valence-corrected chi connectivity index (χ3v) is 0.287. The average Bonchev–Trinajstić information content (AvgIpc) is 1.27. The van der Waals surface area contributed by atoms with E-state index in [0.29, 0.717) is 0 Å². The summed E-state index contributed by atoms with van der Waals surface area (Å²) in [5.74, 6) is -1.12. The maximum Gasteiger partial charge on any atom is 2.00 e. The summed E-state index contributed by atoms with van der Waals surface area (Å²) >= 11 is 0. The summed E-state index contributed by atoms with van der Waals surface area (Å²) in [4.78, 5) is 19.6. The molecule has 0 aromatic carbocycles. The number of carbonyl (C=O) groups is 2. The quantitative estimate of drug-likeness (QED) is 0.320. The molecule has 0 aliphatic rings. The molecule has 0 bridgehead atoms. The van der Waals surface area contributed by atoms with Crippen molar-refractivity contribution in [2.24, 2.45) is 0 Å². The van der Waals surface area contributed by atoms with Crippen LogP contribution in [0.25, 0.3) is 0 Å². The van der Waals surface area contributed by atoms with Gasteiger partial charge < -0.3 is 4.74 Å². The molecule has 0 rings (SSSR count). The normalized spacial score (nSPS) is 6.75. The molecule has 0 spiro atoms. The number of rotatable bonds is 0. The largest absolute Gasteiger partial charge is 2.00 e. The van der Waals surface area contributed by atoms with Gasteiger partial charge in [0.1, 0.15) is 0 Å². The fraction of sp³-hybridized carbons (Fsp3) is 0.500. The Kier molecular flexibility index (Phi) is 6.56. The van der Waals surface area contributed by atoms with Crippen molar-refractivity contribution in [2.45, 2.75) is 13.8 Å².